The second-order valence-corrected chi connectivity index (χ2v) is 9.99. The molecule has 2 aromatic rings. The van der Waals surface area contributed by atoms with Crippen molar-refractivity contribution in [1.29, 1.82) is 0 Å². The quantitative estimate of drug-likeness (QED) is 0.598. The first-order chi connectivity index (χ1) is 13.9. The zero-order valence-electron chi connectivity index (χ0n) is 17.2. The Morgan fingerprint density at radius 1 is 1.03 bits per heavy atom. The summed E-state index contributed by atoms with van der Waals surface area (Å²) in [5.41, 5.74) is 1.14. The summed E-state index contributed by atoms with van der Waals surface area (Å²) in [7, 11) is -1.81. The van der Waals surface area contributed by atoms with Gasteiger partial charge < -0.3 is 4.90 Å². The van der Waals surface area contributed by atoms with E-state index in [4.69, 9.17) is 0 Å². The number of carbonyl (C=O) groups is 1. The van der Waals surface area contributed by atoms with Crippen LogP contribution in [0.15, 0.2) is 58.3 Å². The van der Waals surface area contributed by atoms with Crippen molar-refractivity contribution in [3.63, 3.8) is 0 Å². The topological polar surface area (TPSA) is 57.7 Å². The minimum Gasteiger partial charge on any atom is -0.339 e. The van der Waals surface area contributed by atoms with Crippen LogP contribution in [0.25, 0.3) is 0 Å². The van der Waals surface area contributed by atoms with Crippen LogP contribution in [0.1, 0.15) is 43.0 Å². The molecule has 0 saturated heterocycles. The number of thioether (sulfide) groups is 1. The molecular weight excluding hydrogens is 404 g/mol. The average Bonchev–Trinajstić information content (AvgIpc) is 3.28. The van der Waals surface area contributed by atoms with E-state index in [1.807, 2.05) is 30.3 Å². The smallest absolute Gasteiger partial charge is 0.264 e. The molecule has 0 heterocycles. The number of sulfonamides is 1. The fraction of sp³-hybridized carbons (Fsp3) is 0.409. The number of hydrogen-bond donors (Lipinski definition) is 0. The van der Waals surface area contributed by atoms with Crippen molar-refractivity contribution in [3.8, 4) is 0 Å². The Hall–Kier alpha value is -1.99. The second kappa shape index (κ2) is 9.22. The standard InChI is InChI=1S/C22H28N2O3S2/c1-4-24(29(26,27)21-15-13-20(28-3)14-16-21)19-11-9-17(10-12-19)22(25)23(2)18-7-5-6-8-18/h9-16,18H,4-8H2,1-3H3. The van der Waals surface area contributed by atoms with Crippen molar-refractivity contribution < 1.29 is 13.2 Å². The predicted octanol–water partition coefficient (Wildman–Crippen LogP) is 4.64. The average molecular weight is 433 g/mol. The van der Waals surface area contributed by atoms with Crippen LogP contribution in [0.2, 0.25) is 0 Å². The van der Waals surface area contributed by atoms with E-state index in [0.29, 0.717) is 23.8 Å². The Labute approximate surface area is 178 Å². The third-order valence-electron chi connectivity index (χ3n) is 5.53. The van der Waals surface area contributed by atoms with Crippen molar-refractivity contribution in [1.82, 2.24) is 4.90 Å². The monoisotopic (exact) mass is 432 g/mol. The van der Waals surface area contributed by atoms with E-state index < -0.39 is 10.0 Å². The molecule has 0 atom stereocenters. The SMILES string of the molecule is CCN(c1ccc(C(=O)N(C)C2CCCC2)cc1)S(=O)(=O)c1ccc(SC)cc1. The molecule has 1 fully saturated rings. The van der Waals surface area contributed by atoms with E-state index in [1.54, 1.807) is 55.1 Å². The van der Waals surface area contributed by atoms with Crippen molar-refractivity contribution in [2.24, 2.45) is 0 Å². The van der Waals surface area contributed by atoms with Gasteiger partial charge in [0, 0.05) is 30.1 Å². The molecule has 29 heavy (non-hydrogen) atoms. The minimum atomic E-state index is -3.66. The summed E-state index contributed by atoms with van der Waals surface area (Å²) >= 11 is 1.57. The lowest BCUT2D eigenvalue weighted by atomic mass is 10.1. The first-order valence-electron chi connectivity index (χ1n) is 9.92. The van der Waals surface area contributed by atoms with Gasteiger partial charge in [0.2, 0.25) is 0 Å². The van der Waals surface area contributed by atoms with Crippen LogP contribution in [-0.2, 0) is 10.0 Å². The van der Waals surface area contributed by atoms with Gasteiger partial charge >= 0.3 is 0 Å². The molecule has 1 amide bonds. The van der Waals surface area contributed by atoms with Crippen LogP contribution in [-0.4, -0.2) is 45.1 Å². The van der Waals surface area contributed by atoms with E-state index in [9.17, 15) is 13.2 Å². The van der Waals surface area contributed by atoms with Crippen molar-refractivity contribution in [3.05, 3.63) is 54.1 Å². The van der Waals surface area contributed by atoms with Crippen molar-refractivity contribution >= 4 is 33.4 Å². The van der Waals surface area contributed by atoms with Gasteiger partial charge in [-0.2, -0.15) is 0 Å². The third kappa shape index (κ3) is 4.61. The first kappa shape index (κ1) is 21.7. The number of nitrogens with zero attached hydrogens (tertiary/aromatic N) is 2. The Morgan fingerprint density at radius 3 is 2.14 bits per heavy atom. The number of anilines is 1. The zero-order chi connectivity index (χ0) is 21.0. The minimum absolute atomic E-state index is 0.0120. The van der Waals surface area contributed by atoms with Gasteiger partial charge in [-0.25, -0.2) is 8.42 Å². The molecule has 5 nitrogen and oxygen atoms in total. The number of hydrogen-bond acceptors (Lipinski definition) is 4. The highest BCUT2D eigenvalue weighted by Crippen LogP contribution is 2.27. The number of amides is 1. The molecule has 156 valence electrons. The maximum atomic E-state index is 13.1. The second-order valence-electron chi connectivity index (χ2n) is 7.25. The highest BCUT2D eigenvalue weighted by Gasteiger charge is 2.26. The van der Waals surface area contributed by atoms with Crippen LogP contribution in [0.5, 0.6) is 0 Å². The molecular formula is C22H28N2O3S2. The van der Waals surface area contributed by atoms with Gasteiger partial charge in [0.15, 0.2) is 0 Å². The van der Waals surface area contributed by atoms with E-state index in [-0.39, 0.29) is 10.8 Å². The van der Waals surface area contributed by atoms with Crippen molar-refractivity contribution in [2.75, 3.05) is 24.2 Å². The first-order valence-corrected chi connectivity index (χ1v) is 12.6. The molecule has 2 aromatic carbocycles. The fourth-order valence-electron chi connectivity index (χ4n) is 3.80. The molecule has 3 rings (SSSR count). The maximum absolute atomic E-state index is 13.1. The summed E-state index contributed by atoms with van der Waals surface area (Å²) < 4.78 is 27.6. The Morgan fingerprint density at radius 2 is 1.62 bits per heavy atom. The predicted molar refractivity (Wildman–Crippen MR) is 119 cm³/mol. The van der Waals surface area contributed by atoms with Crippen LogP contribution in [0.3, 0.4) is 0 Å². The molecule has 7 heteroatoms. The van der Waals surface area contributed by atoms with E-state index in [0.717, 1.165) is 17.7 Å². The van der Waals surface area contributed by atoms with Gasteiger partial charge in [0.05, 0.1) is 10.6 Å². The molecule has 0 bridgehead atoms. The number of rotatable bonds is 7. The summed E-state index contributed by atoms with van der Waals surface area (Å²) in [5, 5.41) is 0. The Bertz CT molecular complexity index is 935. The van der Waals surface area contributed by atoms with Gasteiger partial charge in [-0.15, -0.1) is 11.8 Å². The summed E-state index contributed by atoms with van der Waals surface area (Å²) in [4.78, 5) is 15.9. The van der Waals surface area contributed by atoms with Crippen LogP contribution in [0, 0.1) is 0 Å². The van der Waals surface area contributed by atoms with Crippen LogP contribution >= 0.6 is 11.8 Å². The summed E-state index contributed by atoms with van der Waals surface area (Å²) in [6.45, 7) is 2.11. The Balaban J connectivity index is 1.81. The number of carbonyl (C=O) groups excluding carboxylic acids is 1. The largest absolute Gasteiger partial charge is 0.339 e. The molecule has 1 saturated carbocycles. The lowest BCUT2D eigenvalue weighted by Crippen LogP contribution is -2.35. The van der Waals surface area contributed by atoms with Gasteiger partial charge in [0.1, 0.15) is 0 Å². The molecule has 0 aliphatic heterocycles. The van der Waals surface area contributed by atoms with Gasteiger partial charge in [-0.3, -0.25) is 9.10 Å². The molecule has 1 aliphatic rings. The summed E-state index contributed by atoms with van der Waals surface area (Å²) in [6.07, 6.45) is 6.40. The summed E-state index contributed by atoms with van der Waals surface area (Å²) in [6, 6.07) is 14.1. The summed E-state index contributed by atoms with van der Waals surface area (Å²) in [5.74, 6) is -0.0120. The maximum Gasteiger partial charge on any atom is 0.264 e. The van der Waals surface area contributed by atoms with E-state index >= 15 is 0 Å². The van der Waals surface area contributed by atoms with Gasteiger partial charge in [0.25, 0.3) is 15.9 Å². The van der Waals surface area contributed by atoms with Crippen LogP contribution in [0.4, 0.5) is 5.69 Å². The molecule has 0 spiro atoms. The highest BCUT2D eigenvalue weighted by atomic mass is 32.2. The van der Waals surface area contributed by atoms with Gasteiger partial charge in [-0.05, 0) is 74.6 Å². The van der Waals surface area contributed by atoms with Crippen molar-refractivity contribution in [2.45, 2.75) is 48.4 Å². The molecule has 0 unspecified atom stereocenters. The van der Waals surface area contributed by atoms with E-state index in [1.165, 1.54) is 17.1 Å². The van der Waals surface area contributed by atoms with E-state index in [2.05, 4.69) is 0 Å². The normalized spacial score (nSPS) is 14.7. The molecule has 0 N–H and O–H groups in total. The Kier molecular flexibility index (Phi) is 6.90. The zero-order valence-corrected chi connectivity index (χ0v) is 18.8. The van der Waals surface area contributed by atoms with Gasteiger partial charge in [-0.1, -0.05) is 12.8 Å². The molecule has 1 aliphatic carbocycles. The lowest BCUT2D eigenvalue weighted by molar-refractivity contribution is 0.0735. The third-order valence-corrected chi connectivity index (χ3v) is 8.19. The number of benzene rings is 2. The molecule has 0 radical (unpaired) electrons. The highest BCUT2D eigenvalue weighted by molar-refractivity contribution is 7.98. The molecule has 0 aromatic heterocycles. The lowest BCUT2D eigenvalue weighted by Gasteiger charge is -2.25. The fourth-order valence-corrected chi connectivity index (χ4v) is 5.68. The van der Waals surface area contributed by atoms with Crippen LogP contribution < -0.4 is 4.31 Å².